The Labute approximate surface area is 131 Å². The van der Waals surface area contributed by atoms with Gasteiger partial charge in [-0.3, -0.25) is 0 Å². The molecule has 2 N–H and O–H groups in total. The van der Waals surface area contributed by atoms with Crippen LogP contribution in [0.25, 0.3) is 0 Å². The van der Waals surface area contributed by atoms with Crippen molar-refractivity contribution in [3.05, 3.63) is 76.7 Å². The summed E-state index contributed by atoms with van der Waals surface area (Å²) in [5.41, 5.74) is 1.72. The molecule has 0 aliphatic rings. The van der Waals surface area contributed by atoms with Crippen molar-refractivity contribution in [1.29, 1.82) is 0 Å². The van der Waals surface area contributed by atoms with Crippen LogP contribution in [0.4, 0.5) is 10.8 Å². The molecule has 0 aliphatic heterocycles. The van der Waals surface area contributed by atoms with Crippen molar-refractivity contribution in [2.24, 2.45) is 12.0 Å². The number of amidine groups is 1. The molecule has 3 aromatic rings. The van der Waals surface area contributed by atoms with E-state index < -0.39 is 0 Å². The largest absolute Gasteiger partial charge is 0.452 e. The number of aromatic amines is 1. The van der Waals surface area contributed by atoms with Crippen LogP contribution in [0.3, 0.4) is 0 Å². The maximum atomic E-state index is 11.5. The lowest BCUT2D eigenvalue weighted by atomic mass is 10.2. The van der Waals surface area contributed by atoms with Crippen molar-refractivity contribution in [2.45, 2.75) is 0 Å². The van der Waals surface area contributed by atoms with Crippen LogP contribution in [0.5, 0.6) is 0 Å². The highest BCUT2D eigenvalue weighted by Crippen LogP contribution is 2.14. The summed E-state index contributed by atoms with van der Waals surface area (Å²) in [5.74, 6) is 0.692. The molecule has 110 valence electrons. The first kappa shape index (κ1) is 14.2. The van der Waals surface area contributed by atoms with Gasteiger partial charge in [-0.05, 0) is 24.3 Å². The molecule has 0 saturated heterocycles. The SMILES string of the molecule is C[n+]1c(N=C(Nc2ccccc2)c2ccccc2)s[nH]c1=O. The molecule has 5 nitrogen and oxygen atoms in total. The minimum absolute atomic E-state index is 0.170. The van der Waals surface area contributed by atoms with Gasteiger partial charge >= 0.3 is 10.8 Å². The molecule has 0 unspecified atom stereocenters. The molecule has 0 spiro atoms. The van der Waals surface area contributed by atoms with Crippen LogP contribution < -0.4 is 15.6 Å². The number of hydrogen-bond acceptors (Lipinski definition) is 3. The molecule has 0 saturated carbocycles. The van der Waals surface area contributed by atoms with Gasteiger partial charge in [0.05, 0.1) is 18.6 Å². The van der Waals surface area contributed by atoms with E-state index in [0.29, 0.717) is 11.0 Å². The minimum Gasteiger partial charge on any atom is -0.326 e. The van der Waals surface area contributed by atoms with Gasteiger partial charge in [0.25, 0.3) is 0 Å². The first-order valence-electron chi connectivity index (χ1n) is 6.78. The molecule has 0 atom stereocenters. The predicted molar refractivity (Wildman–Crippen MR) is 88.8 cm³/mol. The summed E-state index contributed by atoms with van der Waals surface area (Å²) in [6.45, 7) is 0. The number of nitrogens with one attached hydrogen (secondary N) is 2. The molecule has 1 heterocycles. The van der Waals surface area contributed by atoms with Gasteiger partial charge in [0.1, 0.15) is 0 Å². The number of benzene rings is 2. The Morgan fingerprint density at radius 3 is 2.32 bits per heavy atom. The van der Waals surface area contributed by atoms with Crippen molar-refractivity contribution in [3.63, 3.8) is 0 Å². The number of H-pyrrole nitrogens is 1. The smallest absolute Gasteiger partial charge is 0.326 e. The molecule has 0 radical (unpaired) electrons. The molecule has 2 aromatic carbocycles. The highest BCUT2D eigenvalue weighted by atomic mass is 32.1. The fourth-order valence-corrected chi connectivity index (χ4v) is 2.60. The van der Waals surface area contributed by atoms with Gasteiger partial charge in [0.2, 0.25) is 5.84 Å². The number of nitrogens with zero attached hydrogens (tertiary/aromatic N) is 2. The molecule has 0 bridgehead atoms. The molecule has 1 aromatic heterocycles. The molecule has 0 amide bonds. The Balaban J connectivity index is 2.03. The van der Waals surface area contributed by atoms with Crippen LogP contribution in [-0.4, -0.2) is 10.2 Å². The van der Waals surface area contributed by atoms with Crippen molar-refractivity contribution >= 4 is 28.2 Å². The fourth-order valence-electron chi connectivity index (χ4n) is 1.93. The van der Waals surface area contributed by atoms with E-state index in [9.17, 15) is 4.79 Å². The zero-order valence-electron chi connectivity index (χ0n) is 12.0. The Hall–Kier alpha value is -2.73. The van der Waals surface area contributed by atoms with E-state index in [1.807, 2.05) is 60.7 Å². The number of para-hydroxylation sites is 1. The monoisotopic (exact) mass is 311 g/mol. The molecule has 0 fully saturated rings. The third-order valence-corrected chi connectivity index (χ3v) is 3.94. The Morgan fingerprint density at radius 1 is 1.09 bits per heavy atom. The molecular weight excluding hydrogens is 296 g/mol. The first-order valence-corrected chi connectivity index (χ1v) is 7.59. The summed E-state index contributed by atoms with van der Waals surface area (Å²) in [6.07, 6.45) is 0. The number of hydrogen-bond donors (Lipinski definition) is 2. The molecule has 3 rings (SSSR count). The second-order valence-corrected chi connectivity index (χ2v) is 5.44. The number of anilines is 1. The summed E-state index contributed by atoms with van der Waals surface area (Å²) in [5, 5.41) is 3.91. The Morgan fingerprint density at radius 2 is 1.73 bits per heavy atom. The van der Waals surface area contributed by atoms with Crippen molar-refractivity contribution in [1.82, 2.24) is 4.37 Å². The lowest BCUT2D eigenvalue weighted by Crippen LogP contribution is -2.43. The van der Waals surface area contributed by atoms with Gasteiger partial charge in [-0.25, -0.2) is 4.79 Å². The molecule has 22 heavy (non-hydrogen) atoms. The third-order valence-electron chi connectivity index (χ3n) is 3.11. The van der Waals surface area contributed by atoms with E-state index in [1.54, 1.807) is 7.05 Å². The summed E-state index contributed by atoms with van der Waals surface area (Å²) in [4.78, 5) is 16.1. The highest BCUT2D eigenvalue weighted by Gasteiger charge is 2.15. The summed E-state index contributed by atoms with van der Waals surface area (Å²) in [6, 6.07) is 19.6. The molecule has 0 aliphatic carbocycles. The maximum Gasteiger partial charge on any atom is 0.452 e. The van der Waals surface area contributed by atoms with Gasteiger partial charge < -0.3 is 5.32 Å². The van der Waals surface area contributed by atoms with Gasteiger partial charge in [-0.1, -0.05) is 41.4 Å². The Bertz CT molecular complexity index is 837. The minimum atomic E-state index is -0.170. The standard InChI is InChI=1S/C16H14N4OS/c1-20-15(21)19-22-16(20)18-14(12-8-4-2-5-9-12)17-13-10-6-3-7-11-13/h2-11H,1H3,(H,19,21)/p+1. The van der Waals surface area contributed by atoms with Crippen LogP contribution >= 0.6 is 11.5 Å². The Kier molecular flexibility index (Phi) is 4.11. The first-order chi connectivity index (χ1) is 10.7. The quantitative estimate of drug-likeness (QED) is 0.443. The zero-order chi connectivity index (χ0) is 15.4. The van der Waals surface area contributed by atoms with E-state index in [0.717, 1.165) is 11.3 Å². The molecular formula is C16H15N4OS+. The second-order valence-electron chi connectivity index (χ2n) is 4.67. The topological polar surface area (TPSA) is 61.1 Å². The normalized spacial score (nSPS) is 11.4. The molecule has 6 heteroatoms. The van der Waals surface area contributed by atoms with Crippen LogP contribution in [0.1, 0.15) is 5.56 Å². The number of aliphatic imine (C=N–C) groups is 1. The van der Waals surface area contributed by atoms with E-state index in [2.05, 4.69) is 14.7 Å². The van der Waals surface area contributed by atoms with Gasteiger partial charge in [-0.15, -0.1) is 0 Å². The van der Waals surface area contributed by atoms with E-state index in [4.69, 9.17) is 0 Å². The van der Waals surface area contributed by atoms with E-state index >= 15 is 0 Å². The predicted octanol–water partition coefficient (Wildman–Crippen LogP) is 2.45. The van der Waals surface area contributed by atoms with Gasteiger partial charge in [0.15, 0.2) is 0 Å². The van der Waals surface area contributed by atoms with Crippen LogP contribution in [0.15, 0.2) is 70.5 Å². The lowest BCUT2D eigenvalue weighted by Gasteiger charge is -2.06. The van der Waals surface area contributed by atoms with Crippen molar-refractivity contribution in [3.8, 4) is 0 Å². The number of aromatic nitrogens is 2. The van der Waals surface area contributed by atoms with Gasteiger partial charge in [-0.2, -0.15) is 8.94 Å². The number of rotatable bonds is 3. The van der Waals surface area contributed by atoms with Crippen LogP contribution in [-0.2, 0) is 7.05 Å². The van der Waals surface area contributed by atoms with Gasteiger partial charge in [0, 0.05) is 11.3 Å². The van der Waals surface area contributed by atoms with Crippen molar-refractivity contribution < 1.29 is 4.57 Å². The van der Waals surface area contributed by atoms with E-state index in [-0.39, 0.29) is 5.69 Å². The summed E-state index contributed by atoms with van der Waals surface area (Å²) < 4.78 is 4.16. The van der Waals surface area contributed by atoms with Crippen molar-refractivity contribution in [2.75, 3.05) is 5.32 Å². The second kappa shape index (κ2) is 6.36. The zero-order valence-corrected chi connectivity index (χ0v) is 12.8. The van der Waals surface area contributed by atoms with Crippen LogP contribution in [0.2, 0.25) is 0 Å². The van der Waals surface area contributed by atoms with E-state index in [1.165, 1.54) is 16.1 Å². The summed E-state index contributed by atoms with van der Waals surface area (Å²) >= 11 is 1.21. The van der Waals surface area contributed by atoms with Crippen LogP contribution in [0, 0.1) is 0 Å². The average Bonchev–Trinajstić information content (AvgIpc) is 2.88. The maximum absolute atomic E-state index is 11.5. The summed E-state index contributed by atoms with van der Waals surface area (Å²) in [7, 11) is 1.69. The highest BCUT2D eigenvalue weighted by molar-refractivity contribution is 7.08. The average molecular weight is 311 g/mol. The third kappa shape index (κ3) is 3.12. The lowest BCUT2D eigenvalue weighted by molar-refractivity contribution is -0.670. The fraction of sp³-hybridized carbons (Fsp3) is 0.0625.